The van der Waals surface area contributed by atoms with Crippen LogP contribution >= 0.6 is 0 Å². The number of nitrogen functional groups attached to an aromatic ring is 1. The Labute approximate surface area is 117 Å². The summed E-state index contributed by atoms with van der Waals surface area (Å²) in [5.41, 5.74) is 10.4. The van der Waals surface area contributed by atoms with E-state index in [0.717, 1.165) is 22.5 Å². The van der Waals surface area contributed by atoms with Crippen molar-refractivity contribution in [2.24, 2.45) is 11.7 Å². The molecule has 0 fully saturated rings. The fourth-order valence-electron chi connectivity index (χ4n) is 1.72. The summed E-state index contributed by atoms with van der Waals surface area (Å²) in [5.74, 6) is -1.41. The minimum atomic E-state index is -4.00. The number of amides is 1. The molecule has 1 aromatic rings. The third kappa shape index (κ3) is 3.91. The second-order valence-electron chi connectivity index (χ2n) is 4.84. The predicted octanol–water partition coefficient (Wildman–Crippen LogP) is 0.540. The molecule has 1 rings (SSSR count). The quantitative estimate of drug-likeness (QED) is 0.748. The molecule has 1 amide bonds. The van der Waals surface area contributed by atoms with E-state index in [1.54, 1.807) is 13.8 Å². The predicted molar refractivity (Wildman–Crippen MR) is 73.6 cm³/mol. The summed E-state index contributed by atoms with van der Waals surface area (Å²) in [6.07, 6.45) is 0. The SMILES string of the molecule is CC(C)CN(CC(N)=O)S(=O)(=O)c1ccc(F)cc1N. The number of hydrogen-bond acceptors (Lipinski definition) is 4. The first-order valence-corrected chi connectivity index (χ1v) is 7.42. The van der Waals surface area contributed by atoms with Crippen LogP contribution in [0.3, 0.4) is 0 Å². The first-order valence-electron chi connectivity index (χ1n) is 5.98. The van der Waals surface area contributed by atoms with E-state index in [1.165, 1.54) is 0 Å². The van der Waals surface area contributed by atoms with E-state index >= 15 is 0 Å². The second-order valence-corrected chi connectivity index (χ2v) is 6.75. The smallest absolute Gasteiger partial charge is 0.245 e. The summed E-state index contributed by atoms with van der Waals surface area (Å²) < 4.78 is 38.8. The number of nitrogens with two attached hydrogens (primary N) is 2. The third-order valence-corrected chi connectivity index (χ3v) is 4.38. The van der Waals surface area contributed by atoms with Gasteiger partial charge in [-0.05, 0) is 24.1 Å². The number of rotatable bonds is 6. The molecule has 8 heteroatoms. The van der Waals surface area contributed by atoms with Gasteiger partial charge in [0, 0.05) is 6.54 Å². The lowest BCUT2D eigenvalue weighted by molar-refractivity contribution is -0.118. The average molecular weight is 303 g/mol. The molecule has 112 valence electrons. The van der Waals surface area contributed by atoms with Crippen LogP contribution in [0.4, 0.5) is 10.1 Å². The lowest BCUT2D eigenvalue weighted by Gasteiger charge is -2.23. The van der Waals surface area contributed by atoms with Crippen molar-refractivity contribution in [3.63, 3.8) is 0 Å². The Morgan fingerprint density at radius 1 is 1.40 bits per heavy atom. The zero-order valence-corrected chi connectivity index (χ0v) is 12.2. The highest BCUT2D eigenvalue weighted by molar-refractivity contribution is 7.89. The fraction of sp³-hybridized carbons (Fsp3) is 0.417. The fourth-order valence-corrected chi connectivity index (χ4v) is 3.39. The largest absolute Gasteiger partial charge is 0.398 e. The normalized spacial score (nSPS) is 12.1. The van der Waals surface area contributed by atoms with Crippen LogP contribution in [-0.2, 0) is 14.8 Å². The average Bonchev–Trinajstić information content (AvgIpc) is 2.26. The maximum Gasteiger partial charge on any atom is 0.245 e. The molecule has 0 aliphatic heterocycles. The summed E-state index contributed by atoms with van der Waals surface area (Å²) in [6.45, 7) is 3.27. The van der Waals surface area contributed by atoms with Crippen LogP contribution in [0.25, 0.3) is 0 Å². The van der Waals surface area contributed by atoms with Gasteiger partial charge in [-0.1, -0.05) is 13.8 Å². The van der Waals surface area contributed by atoms with Gasteiger partial charge >= 0.3 is 0 Å². The number of carbonyl (C=O) groups excluding carboxylic acids is 1. The zero-order valence-electron chi connectivity index (χ0n) is 11.3. The number of primary amides is 1. The highest BCUT2D eigenvalue weighted by Gasteiger charge is 2.28. The van der Waals surface area contributed by atoms with Crippen molar-refractivity contribution in [1.29, 1.82) is 0 Å². The van der Waals surface area contributed by atoms with E-state index in [1.807, 2.05) is 0 Å². The summed E-state index contributed by atoms with van der Waals surface area (Å²) >= 11 is 0. The summed E-state index contributed by atoms with van der Waals surface area (Å²) in [5, 5.41) is 0. The van der Waals surface area contributed by atoms with Gasteiger partial charge in [-0.3, -0.25) is 4.79 Å². The Hall–Kier alpha value is -1.67. The van der Waals surface area contributed by atoms with E-state index in [2.05, 4.69) is 0 Å². The third-order valence-electron chi connectivity index (χ3n) is 2.49. The second kappa shape index (κ2) is 6.19. The van der Waals surface area contributed by atoms with E-state index in [0.29, 0.717) is 0 Å². The van der Waals surface area contributed by atoms with Crippen LogP contribution in [0.15, 0.2) is 23.1 Å². The Kier molecular flexibility index (Phi) is 5.07. The van der Waals surface area contributed by atoms with Gasteiger partial charge in [0.2, 0.25) is 15.9 Å². The van der Waals surface area contributed by atoms with Gasteiger partial charge in [0.25, 0.3) is 0 Å². The van der Waals surface area contributed by atoms with Crippen molar-refractivity contribution in [1.82, 2.24) is 4.31 Å². The van der Waals surface area contributed by atoms with Crippen LogP contribution in [0.5, 0.6) is 0 Å². The maximum atomic E-state index is 13.0. The number of anilines is 1. The number of halogens is 1. The molecule has 0 unspecified atom stereocenters. The van der Waals surface area contributed by atoms with Gasteiger partial charge in [-0.2, -0.15) is 4.31 Å². The molecule has 20 heavy (non-hydrogen) atoms. The molecule has 0 heterocycles. The van der Waals surface area contributed by atoms with E-state index in [9.17, 15) is 17.6 Å². The number of carbonyl (C=O) groups is 1. The van der Waals surface area contributed by atoms with Gasteiger partial charge in [0.05, 0.1) is 12.2 Å². The minimum Gasteiger partial charge on any atom is -0.398 e. The topological polar surface area (TPSA) is 106 Å². The van der Waals surface area contributed by atoms with Crippen molar-refractivity contribution in [3.8, 4) is 0 Å². The number of hydrogen-bond donors (Lipinski definition) is 2. The Morgan fingerprint density at radius 2 is 2.00 bits per heavy atom. The molecule has 0 aromatic heterocycles. The number of nitrogens with zero attached hydrogens (tertiary/aromatic N) is 1. The van der Waals surface area contributed by atoms with Gasteiger partial charge in [-0.15, -0.1) is 0 Å². The van der Waals surface area contributed by atoms with Gasteiger partial charge in [0.1, 0.15) is 10.7 Å². The lowest BCUT2D eigenvalue weighted by Crippen LogP contribution is -2.40. The molecular formula is C12H18FN3O3S. The van der Waals surface area contributed by atoms with Crippen LogP contribution < -0.4 is 11.5 Å². The summed E-state index contributed by atoms with van der Waals surface area (Å²) in [7, 11) is -4.00. The van der Waals surface area contributed by atoms with Crippen LogP contribution in [-0.4, -0.2) is 31.7 Å². The molecular weight excluding hydrogens is 285 g/mol. The Bertz CT molecular complexity index is 602. The van der Waals surface area contributed by atoms with E-state index < -0.39 is 28.3 Å². The number of benzene rings is 1. The molecule has 0 bridgehead atoms. The van der Waals surface area contributed by atoms with Crippen molar-refractivity contribution < 1.29 is 17.6 Å². The molecule has 6 nitrogen and oxygen atoms in total. The molecule has 0 aliphatic carbocycles. The lowest BCUT2D eigenvalue weighted by atomic mass is 10.2. The molecule has 1 aromatic carbocycles. The van der Waals surface area contributed by atoms with Crippen molar-refractivity contribution in [2.75, 3.05) is 18.8 Å². The monoisotopic (exact) mass is 303 g/mol. The molecule has 4 N–H and O–H groups in total. The highest BCUT2D eigenvalue weighted by atomic mass is 32.2. The highest BCUT2D eigenvalue weighted by Crippen LogP contribution is 2.23. The van der Waals surface area contributed by atoms with E-state index in [-0.39, 0.29) is 23.0 Å². The molecule has 0 spiro atoms. The van der Waals surface area contributed by atoms with Crippen molar-refractivity contribution >= 4 is 21.6 Å². The molecule has 0 radical (unpaired) electrons. The van der Waals surface area contributed by atoms with E-state index in [4.69, 9.17) is 11.5 Å². The van der Waals surface area contributed by atoms with Crippen molar-refractivity contribution in [3.05, 3.63) is 24.0 Å². The maximum absolute atomic E-state index is 13.0. The molecule has 0 saturated heterocycles. The number of sulfonamides is 1. The molecule has 0 saturated carbocycles. The molecule has 0 atom stereocenters. The first kappa shape index (κ1) is 16.4. The van der Waals surface area contributed by atoms with Crippen molar-refractivity contribution in [2.45, 2.75) is 18.7 Å². The van der Waals surface area contributed by atoms with Gasteiger partial charge in [-0.25, -0.2) is 12.8 Å². The summed E-state index contributed by atoms with van der Waals surface area (Å²) in [6, 6.07) is 3.00. The Balaban J connectivity index is 3.24. The van der Waals surface area contributed by atoms with Crippen LogP contribution in [0.2, 0.25) is 0 Å². The molecule has 0 aliphatic rings. The first-order chi connectivity index (χ1) is 9.14. The standard InChI is InChI=1S/C12H18FN3O3S/c1-8(2)6-16(7-12(15)17)20(18,19)11-4-3-9(13)5-10(11)14/h3-5,8H,6-7,14H2,1-2H3,(H2,15,17). The van der Waals surface area contributed by atoms with Gasteiger partial charge in [0.15, 0.2) is 0 Å². The Morgan fingerprint density at radius 3 is 2.45 bits per heavy atom. The minimum absolute atomic E-state index is 0.00852. The van der Waals surface area contributed by atoms with Crippen LogP contribution in [0, 0.1) is 11.7 Å². The zero-order chi connectivity index (χ0) is 15.5. The summed E-state index contributed by atoms with van der Waals surface area (Å²) in [4.78, 5) is 10.8. The van der Waals surface area contributed by atoms with Crippen LogP contribution in [0.1, 0.15) is 13.8 Å². The van der Waals surface area contributed by atoms with Gasteiger partial charge < -0.3 is 11.5 Å².